The molecule has 2 aromatic rings. The van der Waals surface area contributed by atoms with E-state index in [0.717, 1.165) is 17.7 Å². The summed E-state index contributed by atoms with van der Waals surface area (Å²) in [6, 6.07) is 7.28. The first kappa shape index (κ1) is 16.2. The highest BCUT2D eigenvalue weighted by molar-refractivity contribution is 6.30. The maximum absolute atomic E-state index is 12.1. The van der Waals surface area contributed by atoms with Crippen molar-refractivity contribution >= 4 is 29.0 Å². The Kier molecular flexibility index (Phi) is 5.33. The lowest BCUT2D eigenvalue weighted by Gasteiger charge is -2.12. The van der Waals surface area contributed by atoms with E-state index in [-0.39, 0.29) is 11.9 Å². The van der Waals surface area contributed by atoms with Crippen molar-refractivity contribution in [2.45, 2.75) is 33.2 Å². The molecular weight excluding hydrogens is 300 g/mol. The minimum absolute atomic E-state index is 0.109. The van der Waals surface area contributed by atoms with E-state index in [2.05, 4.69) is 20.6 Å². The molecule has 0 aliphatic rings. The first-order chi connectivity index (χ1) is 10.5. The Hall–Kier alpha value is -2.14. The van der Waals surface area contributed by atoms with E-state index >= 15 is 0 Å². The molecule has 1 amide bonds. The molecule has 1 atom stereocenters. The number of nitrogens with one attached hydrogen (secondary N) is 2. The van der Waals surface area contributed by atoms with Gasteiger partial charge in [0.1, 0.15) is 17.8 Å². The fourth-order valence-corrected chi connectivity index (χ4v) is 2.08. The lowest BCUT2D eigenvalue weighted by Crippen LogP contribution is -2.32. The van der Waals surface area contributed by atoms with Crippen LogP contribution in [0.4, 0.5) is 11.5 Å². The highest BCUT2D eigenvalue weighted by Gasteiger charge is 2.11. The van der Waals surface area contributed by atoms with Gasteiger partial charge in [0.05, 0.1) is 0 Å². The first-order valence-electron chi connectivity index (χ1n) is 7.15. The Morgan fingerprint density at radius 3 is 2.77 bits per heavy atom. The summed E-state index contributed by atoms with van der Waals surface area (Å²) in [6.45, 7) is 5.92. The normalized spacial score (nSPS) is 11.8. The summed E-state index contributed by atoms with van der Waals surface area (Å²) in [4.78, 5) is 20.2. The summed E-state index contributed by atoms with van der Waals surface area (Å²) in [5, 5.41) is 6.73. The number of aromatic nitrogens is 2. The number of hydrogen-bond acceptors (Lipinski definition) is 4. The van der Waals surface area contributed by atoms with Crippen molar-refractivity contribution in [3.8, 4) is 0 Å². The van der Waals surface area contributed by atoms with Crippen molar-refractivity contribution in [3.63, 3.8) is 0 Å². The summed E-state index contributed by atoms with van der Waals surface area (Å²) < 4.78 is 0. The largest absolute Gasteiger partial charge is 0.348 e. The maximum Gasteiger partial charge on any atom is 0.270 e. The molecule has 0 radical (unpaired) electrons. The summed E-state index contributed by atoms with van der Waals surface area (Å²) >= 11 is 5.94. The lowest BCUT2D eigenvalue weighted by atomic mass is 10.2. The monoisotopic (exact) mass is 318 g/mol. The number of amides is 1. The predicted octanol–water partition coefficient (Wildman–Crippen LogP) is 3.71. The van der Waals surface area contributed by atoms with Crippen molar-refractivity contribution in [3.05, 3.63) is 46.9 Å². The van der Waals surface area contributed by atoms with Crippen molar-refractivity contribution in [1.82, 2.24) is 15.3 Å². The Morgan fingerprint density at radius 1 is 1.32 bits per heavy atom. The molecule has 2 N–H and O–H groups in total. The van der Waals surface area contributed by atoms with E-state index in [1.54, 1.807) is 12.1 Å². The van der Waals surface area contributed by atoms with Crippen LogP contribution in [-0.2, 0) is 0 Å². The summed E-state index contributed by atoms with van der Waals surface area (Å²) in [7, 11) is 0. The number of rotatable bonds is 5. The number of halogens is 1. The highest BCUT2D eigenvalue weighted by atomic mass is 35.5. The number of anilines is 2. The number of nitrogens with zero attached hydrogens (tertiary/aromatic N) is 2. The van der Waals surface area contributed by atoms with Gasteiger partial charge in [0.2, 0.25) is 0 Å². The van der Waals surface area contributed by atoms with E-state index < -0.39 is 0 Å². The molecule has 116 valence electrons. The molecule has 0 bridgehead atoms. The fourth-order valence-electron chi connectivity index (χ4n) is 1.85. The van der Waals surface area contributed by atoms with Gasteiger partial charge >= 0.3 is 0 Å². The minimum Gasteiger partial charge on any atom is -0.348 e. The number of aryl methyl sites for hydroxylation is 1. The summed E-state index contributed by atoms with van der Waals surface area (Å²) in [5.74, 6) is 0.363. The van der Waals surface area contributed by atoms with Crippen LogP contribution in [0.1, 0.15) is 36.3 Å². The van der Waals surface area contributed by atoms with Crippen LogP contribution >= 0.6 is 11.6 Å². The number of hydrogen-bond donors (Lipinski definition) is 2. The van der Waals surface area contributed by atoms with Crippen LogP contribution in [0.3, 0.4) is 0 Å². The molecule has 1 aromatic carbocycles. The zero-order chi connectivity index (χ0) is 16.1. The second kappa shape index (κ2) is 7.22. The van der Waals surface area contributed by atoms with E-state index in [9.17, 15) is 4.79 Å². The molecule has 0 fully saturated rings. The number of carbonyl (C=O) groups excluding carboxylic acids is 1. The van der Waals surface area contributed by atoms with Crippen LogP contribution in [-0.4, -0.2) is 21.9 Å². The van der Waals surface area contributed by atoms with Gasteiger partial charge in [-0.25, -0.2) is 9.97 Å². The predicted molar refractivity (Wildman–Crippen MR) is 88.7 cm³/mol. The number of benzene rings is 1. The summed E-state index contributed by atoms with van der Waals surface area (Å²) in [5.41, 5.74) is 2.22. The second-order valence-electron chi connectivity index (χ2n) is 5.16. The molecule has 1 heterocycles. The van der Waals surface area contributed by atoms with Gasteiger partial charge in [-0.05, 0) is 44.0 Å². The van der Waals surface area contributed by atoms with Gasteiger partial charge in [0, 0.05) is 22.8 Å². The van der Waals surface area contributed by atoms with Gasteiger partial charge < -0.3 is 10.6 Å². The quantitative estimate of drug-likeness (QED) is 0.882. The second-order valence-corrected chi connectivity index (χ2v) is 5.59. The zero-order valence-electron chi connectivity index (χ0n) is 12.9. The molecule has 2 rings (SSSR count). The van der Waals surface area contributed by atoms with Crippen LogP contribution < -0.4 is 10.6 Å². The Balaban J connectivity index is 2.16. The van der Waals surface area contributed by atoms with Gasteiger partial charge in [0.25, 0.3) is 5.91 Å². The molecule has 0 saturated heterocycles. The molecule has 5 nitrogen and oxygen atoms in total. The molecule has 6 heteroatoms. The van der Waals surface area contributed by atoms with Gasteiger partial charge in [-0.1, -0.05) is 18.5 Å². The molecule has 22 heavy (non-hydrogen) atoms. The third-order valence-corrected chi connectivity index (χ3v) is 3.58. The maximum atomic E-state index is 12.1. The van der Waals surface area contributed by atoms with Crippen molar-refractivity contribution < 1.29 is 4.79 Å². The van der Waals surface area contributed by atoms with Crippen LogP contribution in [0, 0.1) is 6.92 Å². The third-order valence-electron chi connectivity index (χ3n) is 3.34. The van der Waals surface area contributed by atoms with Crippen molar-refractivity contribution in [1.29, 1.82) is 0 Å². The zero-order valence-corrected chi connectivity index (χ0v) is 13.6. The fraction of sp³-hybridized carbons (Fsp3) is 0.312. The molecule has 1 unspecified atom stereocenters. The van der Waals surface area contributed by atoms with Crippen LogP contribution in [0.15, 0.2) is 30.6 Å². The Morgan fingerprint density at radius 2 is 2.09 bits per heavy atom. The summed E-state index contributed by atoms with van der Waals surface area (Å²) in [6.07, 6.45) is 2.24. The smallest absolute Gasteiger partial charge is 0.270 e. The van der Waals surface area contributed by atoms with Gasteiger partial charge in [0.15, 0.2) is 0 Å². The highest BCUT2D eigenvalue weighted by Crippen LogP contribution is 2.22. The molecule has 0 saturated carbocycles. The van der Waals surface area contributed by atoms with E-state index in [1.807, 2.05) is 32.9 Å². The van der Waals surface area contributed by atoms with Gasteiger partial charge in [-0.15, -0.1) is 0 Å². The van der Waals surface area contributed by atoms with E-state index in [4.69, 9.17) is 11.6 Å². The minimum atomic E-state index is -0.201. The van der Waals surface area contributed by atoms with Gasteiger partial charge in [-0.3, -0.25) is 4.79 Å². The van der Waals surface area contributed by atoms with Crippen LogP contribution in [0.25, 0.3) is 0 Å². The molecule has 1 aromatic heterocycles. The van der Waals surface area contributed by atoms with Crippen molar-refractivity contribution in [2.24, 2.45) is 0 Å². The van der Waals surface area contributed by atoms with Crippen LogP contribution in [0.2, 0.25) is 5.02 Å². The van der Waals surface area contributed by atoms with Crippen LogP contribution in [0.5, 0.6) is 0 Å². The Bertz CT molecular complexity index is 675. The third kappa shape index (κ3) is 4.18. The topological polar surface area (TPSA) is 66.9 Å². The standard InChI is InChI=1S/C16H19ClN4O/c1-4-11(3)20-16(22)14-8-15(19-9-18-14)21-13-6-5-12(17)7-10(13)2/h5-9,11H,4H2,1-3H3,(H,20,22)(H,18,19,21). The van der Waals surface area contributed by atoms with E-state index in [1.165, 1.54) is 6.33 Å². The number of carbonyl (C=O) groups is 1. The average Bonchev–Trinajstić information content (AvgIpc) is 2.50. The lowest BCUT2D eigenvalue weighted by molar-refractivity contribution is 0.0934. The van der Waals surface area contributed by atoms with E-state index in [0.29, 0.717) is 16.5 Å². The molecule has 0 aliphatic carbocycles. The molecule has 0 aliphatic heterocycles. The SMILES string of the molecule is CCC(C)NC(=O)c1cc(Nc2ccc(Cl)cc2C)ncn1. The molecule has 0 spiro atoms. The van der Waals surface area contributed by atoms with Gasteiger partial charge in [-0.2, -0.15) is 0 Å². The Labute approximate surface area is 135 Å². The first-order valence-corrected chi connectivity index (χ1v) is 7.53. The van der Waals surface area contributed by atoms with Crippen molar-refractivity contribution in [2.75, 3.05) is 5.32 Å². The average molecular weight is 319 g/mol. The molecular formula is C16H19ClN4O.